The third-order valence-electron chi connectivity index (χ3n) is 3.04. The van der Waals surface area contributed by atoms with Gasteiger partial charge in [0.1, 0.15) is 0 Å². The molecule has 0 saturated carbocycles. The number of nitrogens with one attached hydrogen (secondary N) is 1. The fourth-order valence-electron chi connectivity index (χ4n) is 1.85. The molecule has 2 heterocycles. The first-order chi connectivity index (χ1) is 10.7. The minimum Gasteiger partial charge on any atom is -0.264 e. The highest BCUT2D eigenvalue weighted by atomic mass is 127. The number of hydrogen-bond acceptors (Lipinski definition) is 5. The van der Waals surface area contributed by atoms with Crippen molar-refractivity contribution in [1.29, 1.82) is 0 Å². The van der Waals surface area contributed by atoms with E-state index in [2.05, 4.69) is 67.4 Å². The van der Waals surface area contributed by atoms with Gasteiger partial charge in [-0.05, 0) is 47.7 Å². The zero-order valence-corrected chi connectivity index (χ0v) is 14.8. The molecule has 1 N–H and O–H groups in total. The fraction of sp³-hybridized carbons (Fsp3) is 0.0625. The highest BCUT2D eigenvalue weighted by Gasteiger charge is 2.04. The molecule has 0 atom stereocenters. The van der Waals surface area contributed by atoms with Crippen LogP contribution in [0, 0.1) is 3.57 Å². The molecule has 22 heavy (non-hydrogen) atoms. The summed E-state index contributed by atoms with van der Waals surface area (Å²) in [4.78, 5) is 8.65. The molecule has 2 aromatic heterocycles. The van der Waals surface area contributed by atoms with Gasteiger partial charge in [-0.2, -0.15) is 5.10 Å². The van der Waals surface area contributed by atoms with Crippen molar-refractivity contribution >= 4 is 44.8 Å². The van der Waals surface area contributed by atoms with Crippen molar-refractivity contribution in [3.05, 3.63) is 63.3 Å². The van der Waals surface area contributed by atoms with Crippen LogP contribution in [0.5, 0.6) is 0 Å². The number of rotatable bonds is 4. The maximum absolute atomic E-state index is 4.56. The van der Waals surface area contributed by atoms with Crippen molar-refractivity contribution in [2.75, 3.05) is 5.43 Å². The maximum Gasteiger partial charge on any atom is 0.203 e. The fourth-order valence-corrected chi connectivity index (χ4v) is 2.87. The molecule has 6 heteroatoms. The Bertz CT molecular complexity index is 781. The van der Waals surface area contributed by atoms with Crippen LogP contribution in [-0.2, 0) is 0 Å². The van der Waals surface area contributed by atoms with Gasteiger partial charge < -0.3 is 0 Å². The van der Waals surface area contributed by atoms with Crippen molar-refractivity contribution in [2.45, 2.75) is 6.92 Å². The summed E-state index contributed by atoms with van der Waals surface area (Å²) in [7, 11) is 0. The summed E-state index contributed by atoms with van der Waals surface area (Å²) in [6.07, 6.45) is 3.54. The van der Waals surface area contributed by atoms with Crippen molar-refractivity contribution in [3.8, 4) is 11.3 Å². The van der Waals surface area contributed by atoms with E-state index in [4.69, 9.17) is 0 Å². The standard InChI is InChI=1S/C16H13IN4S/c1-11(13-3-2-8-18-9-13)20-21-16-19-15(10-22-16)12-4-6-14(17)7-5-12/h2-10H,1H3,(H,19,21)/b20-11-. The van der Waals surface area contributed by atoms with Crippen LogP contribution in [0.1, 0.15) is 12.5 Å². The Morgan fingerprint density at radius 3 is 2.77 bits per heavy atom. The second-order valence-corrected chi connectivity index (χ2v) is 6.70. The summed E-state index contributed by atoms with van der Waals surface area (Å²) >= 11 is 3.83. The van der Waals surface area contributed by atoms with Gasteiger partial charge in [0, 0.05) is 32.5 Å². The SMILES string of the molecule is C/C(=N/Nc1nc(-c2ccc(I)cc2)cs1)c1cccnc1. The number of anilines is 1. The van der Waals surface area contributed by atoms with E-state index in [0.29, 0.717) is 0 Å². The van der Waals surface area contributed by atoms with Crippen molar-refractivity contribution in [1.82, 2.24) is 9.97 Å². The van der Waals surface area contributed by atoms with Gasteiger partial charge in [-0.1, -0.05) is 18.2 Å². The van der Waals surface area contributed by atoms with Gasteiger partial charge in [0.2, 0.25) is 5.13 Å². The van der Waals surface area contributed by atoms with Crippen molar-refractivity contribution in [2.24, 2.45) is 5.10 Å². The number of pyridine rings is 1. The Hall–Kier alpha value is -1.80. The number of benzene rings is 1. The largest absolute Gasteiger partial charge is 0.264 e. The highest BCUT2D eigenvalue weighted by molar-refractivity contribution is 14.1. The topological polar surface area (TPSA) is 50.2 Å². The minimum atomic E-state index is 0.775. The normalized spacial score (nSPS) is 11.5. The molecule has 0 aliphatic heterocycles. The van der Waals surface area contributed by atoms with Gasteiger partial charge in [-0.25, -0.2) is 4.98 Å². The first-order valence-electron chi connectivity index (χ1n) is 6.64. The monoisotopic (exact) mass is 420 g/mol. The Morgan fingerprint density at radius 2 is 2.05 bits per heavy atom. The van der Waals surface area contributed by atoms with Crippen LogP contribution in [0.2, 0.25) is 0 Å². The smallest absolute Gasteiger partial charge is 0.203 e. The van der Waals surface area contributed by atoms with Crippen LogP contribution in [0.15, 0.2) is 59.3 Å². The first-order valence-corrected chi connectivity index (χ1v) is 8.60. The summed E-state index contributed by atoms with van der Waals surface area (Å²) in [6, 6.07) is 12.2. The number of hydrogen-bond donors (Lipinski definition) is 1. The Kier molecular flexibility index (Phi) is 4.79. The van der Waals surface area contributed by atoms with Crippen LogP contribution in [0.25, 0.3) is 11.3 Å². The second-order valence-electron chi connectivity index (χ2n) is 4.60. The van der Waals surface area contributed by atoms with Crippen LogP contribution >= 0.6 is 33.9 Å². The molecule has 1 aromatic carbocycles. The summed E-state index contributed by atoms with van der Waals surface area (Å²) in [5.41, 5.74) is 6.94. The molecule has 3 rings (SSSR count). The highest BCUT2D eigenvalue weighted by Crippen LogP contribution is 2.25. The number of nitrogens with zero attached hydrogens (tertiary/aromatic N) is 3. The second kappa shape index (κ2) is 6.97. The van der Waals surface area contributed by atoms with Gasteiger partial charge in [-0.15, -0.1) is 11.3 Å². The van der Waals surface area contributed by atoms with Gasteiger partial charge in [0.15, 0.2) is 0 Å². The molecule has 0 aliphatic carbocycles. The predicted octanol–water partition coefficient (Wildman–Crippen LogP) is 4.65. The van der Waals surface area contributed by atoms with Gasteiger partial charge >= 0.3 is 0 Å². The zero-order chi connectivity index (χ0) is 15.4. The van der Waals surface area contributed by atoms with Gasteiger partial charge in [-0.3, -0.25) is 10.4 Å². The Balaban J connectivity index is 1.73. The van der Waals surface area contributed by atoms with E-state index in [9.17, 15) is 0 Å². The third kappa shape index (κ3) is 3.69. The van der Waals surface area contributed by atoms with E-state index in [1.807, 2.05) is 24.4 Å². The quantitative estimate of drug-likeness (QED) is 0.380. The van der Waals surface area contributed by atoms with Crippen LogP contribution in [0.3, 0.4) is 0 Å². The molecule has 0 amide bonds. The summed E-state index contributed by atoms with van der Waals surface area (Å²) in [6.45, 7) is 1.94. The molecule has 110 valence electrons. The molecule has 0 aliphatic rings. The molecular formula is C16H13IN4S. The molecule has 0 bridgehead atoms. The minimum absolute atomic E-state index is 0.775. The molecular weight excluding hydrogens is 407 g/mol. The molecule has 0 fully saturated rings. The summed E-state index contributed by atoms with van der Waals surface area (Å²) < 4.78 is 1.21. The lowest BCUT2D eigenvalue weighted by atomic mass is 10.2. The molecule has 0 unspecified atom stereocenters. The molecule has 3 aromatic rings. The van der Waals surface area contributed by atoms with E-state index < -0.39 is 0 Å². The lowest BCUT2D eigenvalue weighted by Gasteiger charge is -2.00. The van der Waals surface area contributed by atoms with E-state index in [1.54, 1.807) is 12.4 Å². The summed E-state index contributed by atoms with van der Waals surface area (Å²) in [5, 5.41) is 7.16. The number of hydrazone groups is 1. The average Bonchev–Trinajstić information content (AvgIpc) is 3.03. The van der Waals surface area contributed by atoms with E-state index in [-0.39, 0.29) is 0 Å². The summed E-state index contributed by atoms with van der Waals surface area (Å²) in [5.74, 6) is 0. The van der Waals surface area contributed by atoms with E-state index in [1.165, 1.54) is 14.9 Å². The zero-order valence-electron chi connectivity index (χ0n) is 11.8. The van der Waals surface area contributed by atoms with Crippen molar-refractivity contribution < 1.29 is 0 Å². The predicted molar refractivity (Wildman–Crippen MR) is 100 cm³/mol. The molecule has 4 nitrogen and oxygen atoms in total. The number of thiazole rings is 1. The van der Waals surface area contributed by atoms with Gasteiger partial charge in [0.25, 0.3) is 0 Å². The number of aromatic nitrogens is 2. The third-order valence-corrected chi connectivity index (χ3v) is 4.51. The Morgan fingerprint density at radius 1 is 1.23 bits per heavy atom. The van der Waals surface area contributed by atoms with Crippen LogP contribution in [0.4, 0.5) is 5.13 Å². The van der Waals surface area contributed by atoms with Crippen LogP contribution in [-0.4, -0.2) is 15.7 Å². The maximum atomic E-state index is 4.56. The number of halogens is 1. The lowest BCUT2D eigenvalue weighted by molar-refractivity contribution is 1.26. The lowest BCUT2D eigenvalue weighted by Crippen LogP contribution is -1.99. The van der Waals surface area contributed by atoms with Crippen molar-refractivity contribution in [3.63, 3.8) is 0 Å². The average molecular weight is 420 g/mol. The Labute approximate surface area is 146 Å². The molecule has 0 saturated heterocycles. The van der Waals surface area contributed by atoms with E-state index >= 15 is 0 Å². The van der Waals surface area contributed by atoms with Crippen LogP contribution < -0.4 is 5.43 Å². The van der Waals surface area contributed by atoms with E-state index in [0.717, 1.165) is 27.7 Å². The molecule has 0 radical (unpaired) electrons. The molecule has 0 spiro atoms. The van der Waals surface area contributed by atoms with Gasteiger partial charge in [0.05, 0.1) is 11.4 Å². The first kappa shape index (κ1) is 15.1.